The molecule has 1 atom stereocenters. The van der Waals surface area contributed by atoms with Crippen LogP contribution in [0.2, 0.25) is 0 Å². The van der Waals surface area contributed by atoms with Gasteiger partial charge in [0.05, 0.1) is 0 Å². The van der Waals surface area contributed by atoms with E-state index in [2.05, 4.69) is 59.0 Å². The van der Waals surface area contributed by atoms with Crippen LogP contribution in [0, 0.1) is 3.57 Å². The second-order valence-corrected chi connectivity index (χ2v) is 6.86. The minimum absolute atomic E-state index is 0.565. The van der Waals surface area contributed by atoms with E-state index in [0.717, 1.165) is 27.5 Å². The number of hydrogen-bond acceptors (Lipinski definition) is 1. The SMILES string of the molecule is OC(c1cccc(I)c1)c1ccc2c3c(cccc13)CC2. The molecule has 21 heavy (non-hydrogen) atoms. The zero-order chi connectivity index (χ0) is 14.4. The van der Waals surface area contributed by atoms with E-state index in [9.17, 15) is 5.11 Å². The van der Waals surface area contributed by atoms with E-state index < -0.39 is 6.10 Å². The molecule has 1 aliphatic carbocycles. The highest BCUT2D eigenvalue weighted by Crippen LogP contribution is 2.36. The molecule has 2 heteroatoms. The molecule has 1 unspecified atom stereocenters. The summed E-state index contributed by atoms with van der Waals surface area (Å²) < 4.78 is 1.15. The summed E-state index contributed by atoms with van der Waals surface area (Å²) in [5, 5.41) is 13.4. The van der Waals surface area contributed by atoms with Gasteiger partial charge in [-0.2, -0.15) is 0 Å². The van der Waals surface area contributed by atoms with E-state index in [4.69, 9.17) is 0 Å². The second kappa shape index (κ2) is 5.11. The van der Waals surface area contributed by atoms with Crippen molar-refractivity contribution in [1.82, 2.24) is 0 Å². The third kappa shape index (κ3) is 2.17. The maximum Gasteiger partial charge on any atom is 0.105 e. The number of aliphatic hydroxyl groups is 1. The minimum atomic E-state index is -0.565. The highest BCUT2D eigenvalue weighted by molar-refractivity contribution is 14.1. The van der Waals surface area contributed by atoms with E-state index in [1.54, 1.807) is 0 Å². The first-order valence-electron chi connectivity index (χ1n) is 7.21. The summed E-state index contributed by atoms with van der Waals surface area (Å²) in [6, 6.07) is 18.8. The number of benzene rings is 3. The van der Waals surface area contributed by atoms with Crippen LogP contribution in [-0.4, -0.2) is 5.11 Å². The lowest BCUT2D eigenvalue weighted by Crippen LogP contribution is -2.01. The van der Waals surface area contributed by atoms with Crippen LogP contribution >= 0.6 is 22.6 Å². The van der Waals surface area contributed by atoms with Crippen LogP contribution in [0.3, 0.4) is 0 Å². The third-order valence-corrected chi connectivity index (χ3v) is 5.04. The van der Waals surface area contributed by atoms with E-state index in [1.807, 2.05) is 18.2 Å². The lowest BCUT2D eigenvalue weighted by Gasteiger charge is -2.15. The first-order chi connectivity index (χ1) is 10.2. The van der Waals surface area contributed by atoms with Gasteiger partial charge in [0.2, 0.25) is 0 Å². The zero-order valence-electron chi connectivity index (χ0n) is 11.5. The summed E-state index contributed by atoms with van der Waals surface area (Å²) >= 11 is 2.29. The highest BCUT2D eigenvalue weighted by atomic mass is 127. The molecule has 0 saturated heterocycles. The van der Waals surface area contributed by atoms with Gasteiger partial charge in [0, 0.05) is 3.57 Å². The van der Waals surface area contributed by atoms with Crippen LogP contribution in [0.15, 0.2) is 54.6 Å². The molecular weight excluding hydrogens is 371 g/mol. The van der Waals surface area contributed by atoms with Crippen molar-refractivity contribution in [2.24, 2.45) is 0 Å². The fourth-order valence-electron chi connectivity index (χ4n) is 3.36. The van der Waals surface area contributed by atoms with Gasteiger partial charge in [0.15, 0.2) is 0 Å². The van der Waals surface area contributed by atoms with Crippen molar-refractivity contribution >= 4 is 33.4 Å². The van der Waals surface area contributed by atoms with Crippen molar-refractivity contribution in [3.8, 4) is 0 Å². The van der Waals surface area contributed by atoms with E-state index in [0.29, 0.717) is 0 Å². The van der Waals surface area contributed by atoms with Crippen molar-refractivity contribution in [2.45, 2.75) is 18.9 Å². The molecule has 0 radical (unpaired) electrons. The Hall–Kier alpha value is -1.39. The van der Waals surface area contributed by atoms with Crippen molar-refractivity contribution in [2.75, 3.05) is 0 Å². The summed E-state index contributed by atoms with van der Waals surface area (Å²) in [7, 11) is 0. The van der Waals surface area contributed by atoms with Gasteiger partial charge in [-0.1, -0.05) is 42.5 Å². The van der Waals surface area contributed by atoms with Gasteiger partial charge >= 0.3 is 0 Å². The van der Waals surface area contributed by atoms with Crippen LogP contribution in [0.5, 0.6) is 0 Å². The Morgan fingerprint density at radius 1 is 0.905 bits per heavy atom. The molecule has 0 fully saturated rings. The lowest BCUT2D eigenvalue weighted by molar-refractivity contribution is 0.222. The van der Waals surface area contributed by atoms with Crippen molar-refractivity contribution in [1.29, 1.82) is 0 Å². The number of aliphatic hydroxyl groups excluding tert-OH is 1. The molecule has 0 aromatic heterocycles. The minimum Gasteiger partial charge on any atom is -0.384 e. The standard InChI is InChI=1S/C19H15IO/c20-15-5-1-4-14(11-15)19(21)17-10-9-13-8-7-12-3-2-6-16(17)18(12)13/h1-6,9-11,19,21H,7-8H2. The molecule has 1 nitrogen and oxygen atoms in total. The summed E-state index contributed by atoms with van der Waals surface area (Å²) in [5.41, 5.74) is 4.80. The molecule has 104 valence electrons. The molecule has 0 aliphatic heterocycles. The summed E-state index contributed by atoms with van der Waals surface area (Å²) in [6.45, 7) is 0. The quantitative estimate of drug-likeness (QED) is 0.637. The Kier molecular flexibility index (Phi) is 3.23. The largest absolute Gasteiger partial charge is 0.384 e. The zero-order valence-corrected chi connectivity index (χ0v) is 13.7. The predicted octanol–water partition coefficient (Wildman–Crippen LogP) is 4.62. The molecule has 4 rings (SSSR count). The van der Waals surface area contributed by atoms with Crippen molar-refractivity contribution in [3.05, 3.63) is 80.4 Å². The second-order valence-electron chi connectivity index (χ2n) is 5.61. The van der Waals surface area contributed by atoms with E-state index >= 15 is 0 Å². The molecule has 1 N–H and O–H groups in total. The van der Waals surface area contributed by atoms with Gasteiger partial charge in [-0.3, -0.25) is 0 Å². The Balaban J connectivity index is 1.92. The highest BCUT2D eigenvalue weighted by Gasteiger charge is 2.19. The van der Waals surface area contributed by atoms with E-state index in [-0.39, 0.29) is 0 Å². The van der Waals surface area contributed by atoms with Gasteiger partial charge in [0.25, 0.3) is 0 Å². The Bertz CT molecular complexity index is 828. The molecule has 0 saturated carbocycles. The predicted molar refractivity (Wildman–Crippen MR) is 94.6 cm³/mol. The number of aryl methyl sites for hydroxylation is 2. The topological polar surface area (TPSA) is 20.2 Å². The maximum absolute atomic E-state index is 10.8. The van der Waals surface area contributed by atoms with Crippen molar-refractivity contribution in [3.63, 3.8) is 0 Å². The molecular formula is C19H15IO. The third-order valence-electron chi connectivity index (χ3n) is 4.37. The number of halogens is 1. The average molecular weight is 386 g/mol. The number of rotatable bonds is 2. The summed E-state index contributed by atoms with van der Waals surface area (Å²) in [6.07, 6.45) is 1.68. The molecule has 0 spiro atoms. The van der Waals surface area contributed by atoms with Crippen LogP contribution in [-0.2, 0) is 12.8 Å². The van der Waals surface area contributed by atoms with Gasteiger partial charge in [-0.15, -0.1) is 0 Å². The normalized spacial score (nSPS) is 14.6. The maximum atomic E-state index is 10.8. The van der Waals surface area contributed by atoms with Crippen LogP contribution in [0.4, 0.5) is 0 Å². The summed E-state index contributed by atoms with van der Waals surface area (Å²) in [4.78, 5) is 0. The van der Waals surface area contributed by atoms with Gasteiger partial charge in [-0.25, -0.2) is 0 Å². The first kappa shape index (κ1) is 13.3. The van der Waals surface area contributed by atoms with Gasteiger partial charge in [-0.05, 0) is 80.6 Å². The van der Waals surface area contributed by atoms with Crippen LogP contribution < -0.4 is 0 Å². The monoisotopic (exact) mass is 386 g/mol. The average Bonchev–Trinajstić information content (AvgIpc) is 2.92. The Morgan fingerprint density at radius 3 is 2.48 bits per heavy atom. The van der Waals surface area contributed by atoms with Crippen molar-refractivity contribution < 1.29 is 5.11 Å². The van der Waals surface area contributed by atoms with Crippen LogP contribution in [0.1, 0.15) is 28.4 Å². The molecule has 0 heterocycles. The Labute approximate surface area is 137 Å². The summed E-state index contributed by atoms with van der Waals surface area (Å²) in [5.74, 6) is 0. The fourth-order valence-corrected chi connectivity index (χ4v) is 3.93. The molecule has 3 aromatic carbocycles. The molecule has 0 amide bonds. The Morgan fingerprint density at radius 2 is 1.67 bits per heavy atom. The number of hydrogen-bond donors (Lipinski definition) is 1. The first-order valence-corrected chi connectivity index (χ1v) is 8.29. The van der Waals surface area contributed by atoms with Crippen LogP contribution in [0.25, 0.3) is 10.8 Å². The van der Waals surface area contributed by atoms with Gasteiger partial charge in [0.1, 0.15) is 6.10 Å². The molecule has 3 aromatic rings. The van der Waals surface area contributed by atoms with E-state index in [1.165, 1.54) is 21.9 Å². The lowest BCUT2D eigenvalue weighted by atomic mass is 9.93. The molecule has 0 bridgehead atoms. The smallest absolute Gasteiger partial charge is 0.105 e. The fraction of sp³-hybridized carbons (Fsp3) is 0.158. The molecule has 1 aliphatic rings. The van der Waals surface area contributed by atoms with Gasteiger partial charge < -0.3 is 5.11 Å².